The Balaban J connectivity index is 1.24. The Labute approximate surface area is 189 Å². The molecule has 8 heteroatoms. The molecule has 0 atom stereocenters. The summed E-state index contributed by atoms with van der Waals surface area (Å²) in [7, 11) is 0. The van der Waals surface area contributed by atoms with E-state index in [-0.39, 0.29) is 24.8 Å². The second kappa shape index (κ2) is 9.65. The maximum absolute atomic E-state index is 12.5. The lowest BCUT2D eigenvalue weighted by Crippen LogP contribution is -2.37. The number of hydrogen-bond acceptors (Lipinski definition) is 5. The van der Waals surface area contributed by atoms with Gasteiger partial charge in [0.25, 0.3) is 5.91 Å². The van der Waals surface area contributed by atoms with Crippen LogP contribution in [0.2, 0.25) is 0 Å². The number of carbonyl (C=O) groups is 3. The minimum Gasteiger partial charge on any atom is -0.457 e. The zero-order chi connectivity index (χ0) is 22.5. The molecule has 0 unspecified atom stereocenters. The summed E-state index contributed by atoms with van der Waals surface area (Å²) in [6, 6.07) is 15.2. The van der Waals surface area contributed by atoms with Gasteiger partial charge in [-0.05, 0) is 72.0 Å². The Hall–Kier alpha value is -3.65. The second-order valence-corrected chi connectivity index (χ2v) is 8.46. The highest BCUT2D eigenvalue weighted by molar-refractivity contribution is 7.10. The van der Waals surface area contributed by atoms with Crippen LogP contribution >= 0.6 is 11.3 Å². The number of primary amides is 1. The molecule has 0 aliphatic carbocycles. The summed E-state index contributed by atoms with van der Waals surface area (Å²) in [5.74, 6) is 0.419. The normalized spacial score (nSPS) is 12.7. The van der Waals surface area contributed by atoms with Gasteiger partial charge in [0.15, 0.2) is 0 Å². The molecule has 2 heterocycles. The van der Waals surface area contributed by atoms with Crippen LogP contribution < -0.4 is 15.8 Å². The fourth-order valence-electron chi connectivity index (χ4n) is 3.50. The van der Waals surface area contributed by atoms with Crippen LogP contribution in [-0.2, 0) is 17.8 Å². The summed E-state index contributed by atoms with van der Waals surface area (Å²) in [4.78, 5) is 39.2. The molecule has 32 heavy (non-hydrogen) atoms. The first kappa shape index (κ1) is 21.6. The van der Waals surface area contributed by atoms with E-state index in [0.29, 0.717) is 29.2 Å². The molecule has 1 aromatic heterocycles. The molecule has 164 valence electrons. The van der Waals surface area contributed by atoms with Gasteiger partial charge in [-0.1, -0.05) is 0 Å². The van der Waals surface area contributed by atoms with Crippen molar-refractivity contribution in [1.29, 1.82) is 0 Å². The first-order chi connectivity index (χ1) is 15.5. The largest absolute Gasteiger partial charge is 0.457 e. The van der Waals surface area contributed by atoms with Gasteiger partial charge in [-0.25, -0.2) is 0 Å². The van der Waals surface area contributed by atoms with Gasteiger partial charge < -0.3 is 20.7 Å². The Bertz CT molecular complexity index is 1120. The molecular weight excluding hydrogens is 426 g/mol. The Morgan fingerprint density at radius 3 is 2.28 bits per heavy atom. The van der Waals surface area contributed by atoms with Crippen molar-refractivity contribution < 1.29 is 19.1 Å². The van der Waals surface area contributed by atoms with Gasteiger partial charge in [-0.2, -0.15) is 0 Å². The Morgan fingerprint density at radius 1 is 0.969 bits per heavy atom. The maximum atomic E-state index is 12.5. The molecule has 3 amide bonds. The third kappa shape index (κ3) is 5.15. The van der Waals surface area contributed by atoms with E-state index in [1.165, 1.54) is 10.4 Å². The van der Waals surface area contributed by atoms with Crippen molar-refractivity contribution in [3.05, 3.63) is 81.5 Å². The van der Waals surface area contributed by atoms with Crippen LogP contribution in [0.3, 0.4) is 0 Å². The van der Waals surface area contributed by atoms with E-state index in [1.54, 1.807) is 59.9 Å². The van der Waals surface area contributed by atoms with Gasteiger partial charge in [-0.15, -0.1) is 11.3 Å². The van der Waals surface area contributed by atoms with Crippen molar-refractivity contribution in [3.63, 3.8) is 0 Å². The van der Waals surface area contributed by atoms with Gasteiger partial charge >= 0.3 is 0 Å². The van der Waals surface area contributed by atoms with Crippen LogP contribution in [0.15, 0.2) is 60.0 Å². The summed E-state index contributed by atoms with van der Waals surface area (Å²) >= 11 is 1.74. The Kier molecular flexibility index (Phi) is 6.51. The number of amides is 3. The minimum atomic E-state index is -0.499. The number of nitrogens with zero attached hydrogens (tertiary/aromatic N) is 1. The van der Waals surface area contributed by atoms with Crippen LogP contribution in [0.4, 0.5) is 0 Å². The first-order valence-corrected chi connectivity index (χ1v) is 11.2. The lowest BCUT2D eigenvalue weighted by molar-refractivity contribution is -0.131. The summed E-state index contributed by atoms with van der Waals surface area (Å²) < 4.78 is 5.71. The minimum absolute atomic E-state index is 0.0493. The molecule has 4 rings (SSSR count). The summed E-state index contributed by atoms with van der Waals surface area (Å²) in [5, 5.41) is 4.86. The lowest BCUT2D eigenvalue weighted by Gasteiger charge is -2.27. The SMILES string of the molecule is NC(=O)c1ccc(Oc2ccc(C(=O)NCCC(=O)N3CCc4sccc4C3)cc2)cc1. The quantitative estimate of drug-likeness (QED) is 0.578. The molecule has 0 radical (unpaired) electrons. The molecule has 0 bridgehead atoms. The number of benzene rings is 2. The number of hydrogen-bond donors (Lipinski definition) is 2. The molecule has 7 nitrogen and oxygen atoms in total. The van der Waals surface area contributed by atoms with E-state index in [2.05, 4.69) is 16.8 Å². The van der Waals surface area contributed by atoms with Crippen LogP contribution in [0.5, 0.6) is 11.5 Å². The van der Waals surface area contributed by atoms with E-state index in [0.717, 1.165) is 13.0 Å². The molecule has 1 aliphatic heterocycles. The third-order valence-corrected chi connectivity index (χ3v) is 6.30. The van der Waals surface area contributed by atoms with Gasteiger partial charge in [-0.3, -0.25) is 14.4 Å². The van der Waals surface area contributed by atoms with Crippen molar-refractivity contribution in [1.82, 2.24) is 10.2 Å². The molecule has 3 aromatic rings. The highest BCUT2D eigenvalue weighted by Gasteiger charge is 2.21. The van der Waals surface area contributed by atoms with Gasteiger partial charge in [0.2, 0.25) is 11.8 Å². The molecular formula is C24H23N3O4S. The standard InChI is InChI=1S/C24H23N3O4S/c25-23(29)16-1-5-19(6-2-16)31-20-7-3-17(4-8-20)24(30)26-12-9-22(28)27-13-10-21-18(15-27)11-14-32-21/h1-8,11,14H,9-10,12-13,15H2,(H2,25,29)(H,26,30). The van der Waals surface area contributed by atoms with Crippen LogP contribution in [-0.4, -0.2) is 35.7 Å². The number of nitrogens with one attached hydrogen (secondary N) is 1. The number of thiophene rings is 1. The Morgan fingerprint density at radius 2 is 1.62 bits per heavy atom. The fraction of sp³-hybridized carbons (Fsp3) is 0.208. The van der Waals surface area contributed by atoms with Gasteiger partial charge in [0, 0.05) is 42.1 Å². The average molecular weight is 450 g/mol. The van der Waals surface area contributed by atoms with E-state index in [9.17, 15) is 14.4 Å². The average Bonchev–Trinajstić information content (AvgIpc) is 3.28. The highest BCUT2D eigenvalue weighted by atomic mass is 32.1. The summed E-state index contributed by atoms with van der Waals surface area (Å²) in [6.45, 7) is 1.67. The van der Waals surface area contributed by atoms with E-state index < -0.39 is 5.91 Å². The molecule has 0 saturated carbocycles. The van der Waals surface area contributed by atoms with Crippen LogP contribution in [0, 0.1) is 0 Å². The lowest BCUT2D eigenvalue weighted by atomic mass is 10.1. The molecule has 0 spiro atoms. The van der Waals surface area contributed by atoms with Crippen molar-refractivity contribution in [2.24, 2.45) is 5.73 Å². The molecule has 0 fully saturated rings. The number of rotatable bonds is 7. The van der Waals surface area contributed by atoms with Crippen molar-refractivity contribution in [2.75, 3.05) is 13.1 Å². The second-order valence-electron chi connectivity index (χ2n) is 7.46. The fourth-order valence-corrected chi connectivity index (χ4v) is 4.39. The first-order valence-electron chi connectivity index (χ1n) is 10.3. The summed E-state index contributed by atoms with van der Waals surface area (Å²) in [5.41, 5.74) is 7.34. The van der Waals surface area contributed by atoms with Gasteiger partial charge in [0.1, 0.15) is 11.5 Å². The molecule has 0 saturated heterocycles. The molecule has 2 aromatic carbocycles. The van der Waals surface area contributed by atoms with Crippen LogP contribution in [0.25, 0.3) is 0 Å². The number of carbonyl (C=O) groups excluding carboxylic acids is 3. The number of fused-ring (bicyclic) bond motifs is 1. The zero-order valence-electron chi connectivity index (χ0n) is 17.4. The van der Waals surface area contributed by atoms with Crippen LogP contribution in [0.1, 0.15) is 37.6 Å². The molecule has 3 N–H and O–H groups in total. The molecule has 1 aliphatic rings. The maximum Gasteiger partial charge on any atom is 0.251 e. The third-order valence-electron chi connectivity index (χ3n) is 5.28. The zero-order valence-corrected chi connectivity index (χ0v) is 18.2. The van der Waals surface area contributed by atoms with E-state index >= 15 is 0 Å². The van der Waals surface area contributed by atoms with Crippen molar-refractivity contribution in [2.45, 2.75) is 19.4 Å². The van der Waals surface area contributed by atoms with Crippen molar-refractivity contribution in [3.8, 4) is 11.5 Å². The predicted molar refractivity (Wildman–Crippen MR) is 122 cm³/mol. The highest BCUT2D eigenvalue weighted by Crippen LogP contribution is 2.24. The predicted octanol–water partition coefficient (Wildman–Crippen LogP) is 3.34. The topological polar surface area (TPSA) is 102 Å². The van der Waals surface area contributed by atoms with E-state index in [4.69, 9.17) is 10.5 Å². The summed E-state index contributed by atoms with van der Waals surface area (Å²) in [6.07, 6.45) is 1.17. The van der Waals surface area contributed by atoms with E-state index in [1.807, 2.05) is 4.90 Å². The monoisotopic (exact) mass is 449 g/mol. The van der Waals surface area contributed by atoms with Gasteiger partial charge in [0.05, 0.1) is 0 Å². The number of ether oxygens (including phenoxy) is 1. The van der Waals surface area contributed by atoms with Crippen molar-refractivity contribution >= 4 is 29.1 Å². The smallest absolute Gasteiger partial charge is 0.251 e. The number of nitrogens with two attached hydrogens (primary N) is 1.